The third-order valence-electron chi connectivity index (χ3n) is 3.19. The molecule has 2 aromatic carbocycles. The maximum absolute atomic E-state index is 12.3. The second-order valence-electron chi connectivity index (χ2n) is 5.72. The molecule has 0 heterocycles. The minimum Gasteiger partial charge on any atom is -0.490 e. The largest absolute Gasteiger partial charge is 0.490 e. The van der Waals surface area contributed by atoms with Crippen LogP contribution >= 0.6 is 15.9 Å². The molecule has 0 aromatic heterocycles. The topological polar surface area (TPSA) is 81.7 Å². The lowest BCUT2D eigenvalue weighted by molar-refractivity contribution is 0.0449. The van der Waals surface area contributed by atoms with E-state index in [1.165, 1.54) is 18.2 Å². The van der Waals surface area contributed by atoms with E-state index < -0.39 is 16.0 Å². The van der Waals surface area contributed by atoms with Crippen LogP contribution in [0.4, 0.5) is 0 Å². The summed E-state index contributed by atoms with van der Waals surface area (Å²) in [5, 5.41) is 0. The summed E-state index contributed by atoms with van der Waals surface area (Å²) in [5.41, 5.74) is 0.136. The van der Waals surface area contributed by atoms with Gasteiger partial charge in [0, 0.05) is 10.5 Å². The Morgan fingerprint density at radius 1 is 1.12 bits per heavy atom. The van der Waals surface area contributed by atoms with Crippen molar-refractivity contribution in [3.05, 3.63) is 58.6 Å². The first-order valence-electron chi connectivity index (χ1n) is 7.96. The summed E-state index contributed by atoms with van der Waals surface area (Å²) in [6.45, 7) is 3.68. The van der Waals surface area contributed by atoms with Crippen LogP contribution in [0.25, 0.3) is 0 Å². The lowest BCUT2D eigenvalue weighted by atomic mass is 10.2. The highest BCUT2D eigenvalue weighted by Gasteiger charge is 2.20. The van der Waals surface area contributed by atoms with Crippen LogP contribution < -0.4 is 9.46 Å². The molecule has 2 rings (SSSR count). The number of esters is 1. The Balaban J connectivity index is 2.00. The molecular formula is C18H20BrNO5S. The van der Waals surface area contributed by atoms with E-state index in [1.807, 2.05) is 18.2 Å². The lowest BCUT2D eigenvalue weighted by Crippen LogP contribution is -2.30. The predicted octanol–water partition coefficient (Wildman–Crippen LogP) is 3.37. The van der Waals surface area contributed by atoms with Gasteiger partial charge in [0.1, 0.15) is 19.0 Å². The van der Waals surface area contributed by atoms with E-state index in [0.29, 0.717) is 10.2 Å². The summed E-state index contributed by atoms with van der Waals surface area (Å²) in [6, 6.07) is 13.1. The number of carbonyl (C=O) groups is 1. The molecule has 0 aliphatic rings. The zero-order chi connectivity index (χ0) is 19.2. The summed E-state index contributed by atoms with van der Waals surface area (Å²) in [7, 11) is -3.70. The Labute approximate surface area is 161 Å². The first-order valence-corrected chi connectivity index (χ1v) is 10.2. The second-order valence-corrected chi connectivity index (χ2v) is 8.28. The van der Waals surface area contributed by atoms with Gasteiger partial charge in [-0.2, -0.15) is 0 Å². The molecule has 8 heteroatoms. The minimum absolute atomic E-state index is 0.00175. The highest BCUT2D eigenvalue weighted by molar-refractivity contribution is 9.10. The van der Waals surface area contributed by atoms with Crippen molar-refractivity contribution in [2.24, 2.45) is 0 Å². The van der Waals surface area contributed by atoms with Gasteiger partial charge in [-0.3, -0.25) is 0 Å². The van der Waals surface area contributed by atoms with E-state index in [0.717, 1.165) is 0 Å². The molecule has 0 aliphatic carbocycles. The van der Waals surface area contributed by atoms with Gasteiger partial charge in [0.15, 0.2) is 0 Å². The monoisotopic (exact) mass is 441 g/mol. The van der Waals surface area contributed by atoms with Crippen molar-refractivity contribution < 1.29 is 22.7 Å². The number of halogens is 1. The maximum Gasteiger partial charge on any atom is 0.339 e. The summed E-state index contributed by atoms with van der Waals surface area (Å²) in [6.07, 6.45) is 0. The van der Waals surface area contributed by atoms with Crippen LogP contribution in [0.5, 0.6) is 5.75 Å². The van der Waals surface area contributed by atoms with Gasteiger partial charge < -0.3 is 9.47 Å². The summed E-state index contributed by atoms with van der Waals surface area (Å²) in [4.78, 5) is 12.3. The smallest absolute Gasteiger partial charge is 0.339 e. The van der Waals surface area contributed by atoms with Crippen LogP contribution in [0.1, 0.15) is 24.2 Å². The Morgan fingerprint density at radius 2 is 1.81 bits per heavy atom. The fraction of sp³-hybridized carbons (Fsp3) is 0.278. The summed E-state index contributed by atoms with van der Waals surface area (Å²) >= 11 is 3.25. The first kappa shape index (κ1) is 20.4. The zero-order valence-electron chi connectivity index (χ0n) is 14.4. The van der Waals surface area contributed by atoms with E-state index in [4.69, 9.17) is 9.47 Å². The van der Waals surface area contributed by atoms with E-state index in [9.17, 15) is 13.2 Å². The van der Waals surface area contributed by atoms with Crippen LogP contribution in [0.2, 0.25) is 0 Å². The van der Waals surface area contributed by atoms with E-state index in [2.05, 4.69) is 20.7 Å². The number of sulfonamides is 1. The molecule has 0 unspecified atom stereocenters. The molecule has 0 saturated heterocycles. The number of hydrogen-bond donors (Lipinski definition) is 1. The molecule has 0 atom stereocenters. The van der Waals surface area contributed by atoms with Crippen molar-refractivity contribution in [1.82, 2.24) is 4.72 Å². The molecule has 0 spiro atoms. The highest BCUT2D eigenvalue weighted by atomic mass is 79.9. The molecule has 0 bridgehead atoms. The third kappa shape index (κ3) is 5.82. The maximum atomic E-state index is 12.3. The Morgan fingerprint density at radius 3 is 2.46 bits per heavy atom. The molecule has 6 nitrogen and oxygen atoms in total. The van der Waals surface area contributed by atoms with Crippen LogP contribution in [0.3, 0.4) is 0 Å². The van der Waals surface area contributed by atoms with Crippen LogP contribution in [0, 0.1) is 0 Å². The number of para-hydroxylation sites is 1. The molecule has 26 heavy (non-hydrogen) atoms. The van der Waals surface area contributed by atoms with Gasteiger partial charge in [0.05, 0.1) is 10.5 Å². The van der Waals surface area contributed by atoms with Crippen molar-refractivity contribution in [2.75, 3.05) is 13.2 Å². The zero-order valence-corrected chi connectivity index (χ0v) is 16.8. The molecule has 0 amide bonds. The fourth-order valence-electron chi connectivity index (χ4n) is 2.09. The SMILES string of the molecule is CC(C)NS(=O)(=O)c1ccc(Br)c(C(=O)OCCOc2ccccc2)c1. The number of hydrogen-bond acceptors (Lipinski definition) is 5. The lowest BCUT2D eigenvalue weighted by Gasteiger charge is -2.12. The average molecular weight is 442 g/mol. The van der Waals surface area contributed by atoms with Gasteiger partial charge in [-0.1, -0.05) is 18.2 Å². The van der Waals surface area contributed by atoms with Gasteiger partial charge in [-0.25, -0.2) is 17.9 Å². The third-order valence-corrected chi connectivity index (χ3v) is 5.54. The van der Waals surface area contributed by atoms with Crippen LogP contribution in [-0.4, -0.2) is 33.6 Å². The number of rotatable bonds is 8. The van der Waals surface area contributed by atoms with Crippen LogP contribution in [0.15, 0.2) is 57.9 Å². The highest BCUT2D eigenvalue weighted by Crippen LogP contribution is 2.22. The van der Waals surface area contributed by atoms with Gasteiger partial charge in [-0.15, -0.1) is 0 Å². The molecule has 2 aromatic rings. The first-order chi connectivity index (χ1) is 12.3. The van der Waals surface area contributed by atoms with E-state index >= 15 is 0 Å². The van der Waals surface area contributed by atoms with Crippen molar-refractivity contribution in [3.63, 3.8) is 0 Å². The van der Waals surface area contributed by atoms with E-state index in [-0.39, 0.29) is 29.7 Å². The predicted molar refractivity (Wildman–Crippen MR) is 102 cm³/mol. The normalized spacial score (nSPS) is 11.4. The molecule has 0 fully saturated rings. The van der Waals surface area contributed by atoms with Gasteiger partial charge in [0.25, 0.3) is 0 Å². The van der Waals surface area contributed by atoms with Crippen molar-refractivity contribution in [2.45, 2.75) is 24.8 Å². The van der Waals surface area contributed by atoms with Crippen molar-refractivity contribution in [3.8, 4) is 5.75 Å². The quantitative estimate of drug-likeness (QED) is 0.501. The summed E-state index contributed by atoms with van der Waals surface area (Å²) < 4.78 is 38.0. The Kier molecular flexibility index (Phi) is 7.19. The number of ether oxygens (including phenoxy) is 2. The summed E-state index contributed by atoms with van der Waals surface area (Å²) in [5.74, 6) is 0.0488. The molecule has 0 aliphatic heterocycles. The Bertz CT molecular complexity index is 853. The van der Waals surface area contributed by atoms with E-state index in [1.54, 1.807) is 26.0 Å². The van der Waals surface area contributed by atoms with Crippen LogP contribution in [-0.2, 0) is 14.8 Å². The standard InChI is InChI=1S/C18H20BrNO5S/c1-13(2)20-26(22,23)15-8-9-17(19)16(12-15)18(21)25-11-10-24-14-6-4-3-5-7-14/h3-9,12-13,20H,10-11H2,1-2H3. The van der Waals surface area contributed by atoms with Gasteiger partial charge in [-0.05, 0) is 60.1 Å². The number of nitrogens with one attached hydrogen (secondary N) is 1. The molecule has 0 radical (unpaired) electrons. The molecular weight excluding hydrogens is 422 g/mol. The minimum atomic E-state index is -3.70. The Hall–Kier alpha value is -1.90. The molecule has 140 valence electrons. The number of benzene rings is 2. The number of carbonyl (C=O) groups excluding carboxylic acids is 1. The molecule has 0 saturated carbocycles. The fourth-order valence-corrected chi connectivity index (χ4v) is 3.78. The van der Waals surface area contributed by atoms with Crippen molar-refractivity contribution in [1.29, 1.82) is 0 Å². The second kappa shape index (κ2) is 9.16. The average Bonchev–Trinajstić information content (AvgIpc) is 2.58. The van der Waals surface area contributed by atoms with Crippen molar-refractivity contribution >= 4 is 31.9 Å². The van der Waals surface area contributed by atoms with Gasteiger partial charge in [0.2, 0.25) is 10.0 Å². The van der Waals surface area contributed by atoms with Gasteiger partial charge >= 0.3 is 5.97 Å². The molecule has 1 N–H and O–H groups in total.